The third-order valence-corrected chi connectivity index (χ3v) is 6.21. The van der Waals surface area contributed by atoms with Gasteiger partial charge in [0, 0.05) is 44.3 Å². The minimum atomic E-state index is -4.41. The maximum Gasteiger partial charge on any atom is 0.416 e. The number of hydrogen-bond acceptors (Lipinski definition) is 3. The number of hydrogen-bond donors (Lipinski definition) is 1. The number of halogens is 3. The highest BCUT2D eigenvalue weighted by atomic mass is 19.4. The Balaban J connectivity index is 1.30. The second kappa shape index (κ2) is 8.20. The van der Waals surface area contributed by atoms with Gasteiger partial charge in [-0.1, -0.05) is 0 Å². The molecule has 0 saturated carbocycles. The Bertz CT molecular complexity index is 939. The van der Waals surface area contributed by atoms with E-state index >= 15 is 0 Å². The quantitative estimate of drug-likeness (QED) is 0.771. The van der Waals surface area contributed by atoms with Gasteiger partial charge in [-0.2, -0.15) is 13.2 Å². The van der Waals surface area contributed by atoms with E-state index < -0.39 is 11.7 Å². The van der Waals surface area contributed by atoms with Crippen LogP contribution in [0.1, 0.15) is 35.2 Å². The van der Waals surface area contributed by atoms with Gasteiger partial charge in [0.1, 0.15) is 0 Å². The molecule has 2 aromatic rings. The topological polar surface area (TPSA) is 65.5 Å². The summed E-state index contributed by atoms with van der Waals surface area (Å²) in [5.41, 5.74) is 0.153. The Morgan fingerprint density at radius 3 is 2.19 bits per heavy atom. The third-order valence-electron chi connectivity index (χ3n) is 6.21. The van der Waals surface area contributed by atoms with Gasteiger partial charge in [0.2, 0.25) is 0 Å². The molecule has 2 aliphatic heterocycles. The number of rotatable bonds is 2. The fourth-order valence-electron chi connectivity index (χ4n) is 4.32. The van der Waals surface area contributed by atoms with Crippen molar-refractivity contribution in [2.45, 2.75) is 25.4 Å². The standard InChI is InChI=1S/C22H23F3N4O2/c23-22(24,25)17-3-5-18(6-4-17)27-20(31)28-11-7-21(8-12-28)9-13-29(15-21)19(30)16-2-1-10-26-14-16/h1-6,10,14H,7-9,11-13,15H2,(H,27,31). The lowest BCUT2D eigenvalue weighted by molar-refractivity contribution is -0.137. The number of urea groups is 1. The monoisotopic (exact) mass is 432 g/mol. The normalized spacial score (nSPS) is 18.3. The summed E-state index contributed by atoms with van der Waals surface area (Å²) in [4.78, 5) is 32.7. The Morgan fingerprint density at radius 1 is 0.968 bits per heavy atom. The predicted octanol–water partition coefficient (Wildman–Crippen LogP) is 4.26. The zero-order valence-corrected chi connectivity index (χ0v) is 16.9. The number of amides is 3. The van der Waals surface area contributed by atoms with Crippen LogP contribution < -0.4 is 5.32 Å². The molecule has 1 spiro atoms. The summed E-state index contributed by atoms with van der Waals surface area (Å²) in [5, 5.41) is 2.67. The highest BCUT2D eigenvalue weighted by Gasteiger charge is 2.43. The lowest BCUT2D eigenvalue weighted by atomic mass is 9.78. The number of pyridine rings is 1. The molecule has 0 radical (unpaired) electrons. The molecule has 2 aliphatic rings. The van der Waals surface area contributed by atoms with E-state index in [4.69, 9.17) is 0 Å². The van der Waals surface area contributed by atoms with Gasteiger partial charge < -0.3 is 15.1 Å². The average molecular weight is 432 g/mol. The second-order valence-corrected chi connectivity index (χ2v) is 8.21. The zero-order valence-electron chi connectivity index (χ0n) is 16.9. The molecule has 2 saturated heterocycles. The second-order valence-electron chi connectivity index (χ2n) is 8.21. The number of benzene rings is 1. The summed E-state index contributed by atoms with van der Waals surface area (Å²) in [6.07, 6.45) is 1.26. The number of aromatic nitrogens is 1. The molecule has 0 bridgehead atoms. The van der Waals surface area contributed by atoms with Crippen molar-refractivity contribution in [1.29, 1.82) is 0 Å². The number of likely N-dealkylation sites (tertiary alicyclic amines) is 2. The molecule has 9 heteroatoms. The maximum atomic E-state index is 12.7. The largest absolute Gasteiger partial charge is 0.416 e. The van der Waals surface area contributed by atoms with Gasteiger partial charge >= 0.3 is 12.2 Å². The number of piperidine rings is 1. The number of anilines is 1. The Hall–Kier alpha value is -3.10. The Kier molecular flexibility index (Phi) is 5.60. The van der Waals surface area contributed by atoms with Gasteiger partial charge in [0.15, 0.2) is 0 Å². The number of carbonyl (C=O) groups is 2. The molecule has 6 nitrogen and oxygen atoms in total. The first-order valence-electron chi connectivity index (χ1n) is 10.2. The van der Waals surface area contributed by atoms with Crippen LogP contribution in [0.5, 0.6) is 0 Å². The molecule has 164 valence electrons. The van der Waals surface area contributed by atoms with E-state index in [-0.39, 0.29) is 17.4 Å². The van der Waals surface area contributed by atoms with Crippen LogP contribution in [0.2, 0.25) is 0 Å². The molecule has 2 fully saturated rings. The van der Waals surface area contributed by atoms with Crippen molar-refractivity contribution < 1.29 is 22.8 Å². The number of nitrogens with one attached hydrogen (secondary N) is 1. The van der Waals surface area contributed by atoms with E-state index in [9.17, 15) is 22.8 Å². The smallest absolute Gasteiger partial charge is 0.338 e. The highest BCUT2D eigenvalue weighted by Crippen LogP contribution is 2.41. The van der Waals surface area contributed by atoms with Crippen molar-refractivity contribution in [1.82, 2.24) is 14.8 Å². The van der Waals surface area contributed by atoms with Crippen molar-refractivity contribution in [2.75, 3.05) is 31.5 Å². The van der Waals surface area contributed by atoms with Gasteiger partial charge in [0.05, 0.1) is 11.1 Å². The molecule has 0 atom stereocenters. The van der Waals surface area contributed by atoms with Gasteiger partial charge in [-0.3, -0.25) is 9.78 Å². The molecule has 1 aromatic carbocycles. The van der Waals surface area contributed by atoms with E-state index in [1.807, 2.05) is 4.90 Å². The van der Waals surface area contributed by atoms with Gasteiger partial charge in [-0.25, -0.2) is 4.79 Å². The minimum Gasteiger partial charge on any atom is -0.338 e. The fraction of sp³-hybridized carbons (Fsp3) is 0.409. The summed E-state index contributed by atoms with van der Waals surface area (Å²) >= 11 is 0. The number of alkyl halides is 3. The van der Waals surface area contributed by atoms with Crippen molar-refractivity contribution in [2.24, 2.45) is 5.41 Å². The molecule has 0 unspecified atom stereocenters. The predicted molar refractivity (Wildman–Crippen MR) is 108 cm³/mol. The first-order valence-corrected chi connectivity index (χ1v) is 10.2. The molecule has 3 amide bonds. The minimum absolute atomic E-state index is 0.00298. The summed E-state index contributed by atoms with van der Waals surface area (Å²) in [5.74, 6) is -0.0209. The van der Waals surface area contributed by atoms with Crippen molar-refractivity contribution >= 4 is 17.6 Å². The fourth-order valence-corrected chi connectivity index (χ4v) is 4.32. The molecule has 31 heavy (non-hydrogen) atoms. The summed E-state index contributed by atoms with van der Waals surface area (Å²) in [7, 11) is 0. The summed E-state index contributed by atoms with van der Waals surface area (Å²) in [6, 6.07) is 7.59. The van der Waals surface area contributed by atoms with Crippen LogP contribution in [0.3, 0.4) is 0 Å². The van der Waals surface area contributed by atoms with Crippen LogP contribution in [0.25, 0.3) is 0 Å². The van der Waals surface area contributed by atoms with E-state index in [1.165, 1.54) is 12.1 Å². The van der Waals surface area contributed by atoms with E-state index in [0.29, 0.717) is 37.4 Å². The third kappa shape index (κ3) is 4.65. The van der Waals surface area contributed by atoms with Crippen LogP contribution in [0, 0.1) is 5.41 Å². The molecule has 4 rings (SSSR count). The molecule has 0 aliphatic carbocycles. The zero-order chi connectivity index (χ0) is 22.1. The van der Waals surface area contributed by atoms with Crippen LogP contribution in [-0.2, 0) is 6.18 Å². The Morgan fingerprint density at radius 2 is 1.61 bits per heavy atom. The molecule has 1 aromatic heterocycles. The number of carbonyl (C=O) groups excluding carboxylic acids is 2. The van der Waals surface area contributed by atoms with Crippen LogP contribution >= 0.6 is 0 Å². The van der Waals surface area contributed by atoms with E-state index in [0.717, 1.165) is 31.4 Å². The van der Waals surface area contributed by atoms with Crippen molar-refractivity contribution in [3.8, 4) is 0 Å². The van der Waals surface area contributed by atoms with Crippen molar-refractivity contribution in [3.63, 3.8) is 0 Å². The van der Waals surface area contributed by atoms with E-state index in [2.05, 4.69) is 10.3 Å². The first kappa shape index (κ1) is 21.1. The molecule has 3 heterocycles. The molecule has 1 N–H and O–H groups in total. The van der Waals surface area contributed by atoms with Gasteiger partial charge in [0.25, 0.3) is 5.91 Å². The van der Waals surface area contributed by atoms with Gasteiger partial charge in [-0.05, 0) is 61.1 Å². The van der Waals surface area contributed by atoms with Crippen LogP contribution in [0.4, 0.5) is 23.7 Å². The Labute approximate surface area is 178 Å². The maximum absolute atomic E-state index is 12.7. The lowest BCUT2D eigenvalue weighted by Gasteiger charge is -2.39. The molecular formula is C22H23F3N4O2. The van der Waals surface area contributed by atoms with Gasteiger partial charge in [-0.15, -0.1) is 0 Å². The van der Waals surface area contributed by atoms with Crippen LogP contribution in [0.15, 0.2) is 48.8 Å². The average Bonchev–Trinajstić information content (AvgIpc) is 3.17. The van der Waals surface area contributed by atoms with Crippen molar-refractivity contribution in [3.05, 3.63) is 59.9 Å². The van der Waals surface area contributed by atoms with E-state index in [1.54, 1.807) is 29.4 Å². The number of nitrogens with zero attached hydrogens (tertiary/aromatic N) is 3. The highest BCUT2D eigenvalue weighted by molar-refractivity contribution is 5.94. The summed E-state index contributed by atoms with van der Waals surface area (Å²) in [6.45, 7) is 2.43. The van der Waals surface area contributed by atoms with Crippen LogP contribution in [-0.4, -0.2) is 52.9 Å². The SMILES string of the molecule is O=C(Nc1ccc(C(F)(F)F)cc1)N1CCC2(CC1)CCN(C(=O)c1cccnc1)C2. The lowest BCUT2D eigenvalue weighted by Crippen LogP contribution is -2.46. The first-order chi connectivity index (χ1) is 14.8. The molecular weight excluding hydrogens is 409 g/mol. The summed E-state index contributed by atoms with van der Waals surface area (Å²) < 4.78 is 38.0.